The Labute approximate surface area is 106 Å². The first-order valence-electron chi connectivity index (χ1n) is 6.10. The summed E-state index contributed by atoms with van der Waals surface area (Å²) in [5.74, 6) is -0.0487. The van der Waals surface area contributed by atoms with Gasteiger partial charge in [-0.05, 0) is 20.8 Å². The molecule has 0 bridgehead atoms. The minimum Gasteiger partial charge on any atom is -0.394 e. The lowest BCUT2D eigenvalue weighted by Gasteiger charge is -2.36. The van der Waals surface area contributed by atoms with Crippen molar-refractivity contribution in [3.05, 3.63) is 17.0 Å². The zero-order valence-electron chi connectivity index (χ0n) is 10.9. The van der Waals surface area contributed by atoms with E-state index in [1.54, 1.807) is 4.90 Å². The molecule has 2 unspecified atom stereocenters. The Morgan fingerprint density at radius 2 is 2.28 bits per heavy atom. The highest BCUT2D eigenvalue weighted by atomic mass is 16.5. The maximum atomic E-state index is 12.4. The number of aryl methyl sites for hydroxylation is 2. The van der Waals surface area contributed by atoms with Gasteiger partial charge < -0.3 is 14.7 Å². The van der Waals surface area contributed by atoms with E-state index < -0.39 is 0 Å². The number of ether oxygens (including phenoxy) is 1. The molecule has 1 aliphatic heterocycles. The number of hydrogen-bond acceptors (Lipinski definition) is 4. The molecule has 6 heteroatoms. The predicted molar refractivity (Wildman–Crippen MR) is 65.4 cm³/mol. The molecule has 2 heterocycles. The molecule has 1 fully saturated rings. The van der Waals surface area contributed by atoms with Gasteiger partial charge in [0.15, 0.2) is 0 Å². The van der Waals surface area contributed by atoms with Gasteiger partial charge in [-0.25, -0.2) is 0 Å². The van der Waals surface area contributed by atoms with Crippen molar-refractivity contribution in [2.75, 3.05) is 19.7 Å². The van der Waals surface area contributed by atoms with Crippen molar-refractivity contribution < 1.29 is 14.6 Å². The Hall–Kier alpha value is -1.40. The number of carbonyl (C=O) groups excluding carboxylic acids is 1. The number of aliphatic hydroxyl groups excluding tert-OH is 1. The first-order valence-corrected chi connectivity index (χ1v) is 6.10. The van der Waals surface area contributed by atoms with Crippen LogP contribution in [0.5, 0.6) is 0 Å². The number of aromatic nitrogens is 2. The van der Waals surface area contributed by atoms with Crippen LogP contribution in [-0.2, 0) is 4.74 Å². The van der Waals surface area contributed by atoms with Gasteiger partial charge in [-0.15, -0.1) is 0 Å². The van der Waals surface area contributed by atoms with Gasteiger partial charge in [-0.2, -0.15) is 5.10 Å². The van der Waals surface area contributed by atoms with Crippen LogP contribution in [0.25, 0.3) is 0 Å². The smallest absolute Gasteiger partial charge is 0.257 e. The van der Waals surface area contributed by atoms with Gasteiger partial charge in [0.25, 0.3) is 5.91 Å². The zero-order valence-corrected chi connectivity index (χ0v) is 10.9. The number of aromatic amines is 1. The van der Waals surface area contributed by atoms with Gasteiger partial charge in [0.05, 0.1) is 30.1 Å². The number of morpholine rings is 1. The molecule has 1 aromatic heterocycles. The minimum atomic E-state index is -0.301. The molecule has 0 radical (unpaired) electrons. The van der Waals surface area contributed by atoms with Crippen molar-refractivity contribution in [3.8, 4) is 0 Å². The largest absolute Gasteiger partial charge is 0.394 e. The number of rotatable bonds is 2. The van der Waals surface area contributed by atoms with E-state index in [0.29, 0.717) is 24.3 Å². The summed E-state index contributed by atoms with van der Waals surface area (Å²) in [6, 6.07) is 0. The second kappa shape index (κ2) is 5.07. The van der Waals surface area contributed by atoms with E-state index >= 15 is 0 Å². The lowest BCUT2D eigenvalue weighted by Crippen LogP contribution is -2.50. The van der Waals surface area contributed by atoms with Crippen molar-refractivity contribution in [2.24, 2.45) is 0 Å². The molecule has 0 saturated carbocycles. The third-order valence-corrected chi connectivity index (χ3v) is 3.16. The highest BCUT2D eigenvalue weighted by Crippen LogP contribution is 2.17. The van der Waals surface area contributed by atoms with Crippen molar-refractivity contribution in [3.63, 3.8) is 0 Å². The average Bonchev–Trinajstić information content (AvgIpc) is 2.67. The molecule has 0 aliphatic carbocycles. The Morgan fingerprint density at radius 1 is 1.56 bits per heavy atom. The summed E-state index contributed by atoms with van der Waals surface area (Å²) in [7, 11) is 0. The number of amides is 1. The summed E-state index contributed by atoms with van der Waals surface area (Å²) >= 11 is 0. The van der Waals surface area contributed by atoms with E-state index in [4.69, 9.17) is 9.84 Å². The third kappa shape index (κ3) is 2.39. The molecule has 1 amide bonds. The third-order valence-electron chi connectivity index (χ3n) is 3.16. The molecule has 1 aromatic rings. The number of nitrogens with one attached hydrogen (secondary N) is 1. The Kier molecular flexibility index (Phi) is 3.68. The quantitative estimate of drug-likeness (QED) is 0.792. The van der Waals surface area contributed by atoms with Gasteiger partial charge in [0.1, 0.15) is 0 Å². The number of nitrogens with zero attached hydrogens (tertiary/aromatic N) is 2. The summed E-state index contributed by atoms with van der Waals surface area (Å²) in [6.07, 6.45) is -0.363. The van der Waals surface area contributed by atoms with Crippen LogP contribution in [0.4, 0.5) is 0 Å². The molecule has 100 valence electrons. The first kappa shape index (κ1) is 13.0. The van der Waals surface area contributed by atoms with Gasteiger partial charge in [0, 0.05) is 18.8 Å². The number of hydrogen-bond donors (Lipinski definition) is 2. The van der Waals surface area contributed by atoms with Gasteiger partial charge in [0.2, 0.25) is 0 Å². The molecule has 2 N–H and O–H groups in total. The molecule has 1 saturated heterocycles. The van der Waals surface area contributed by atoms with Crippen LogP contribution in [-0.4, -0.2) is 58.0 Å². The summed E-state index contributed by atoms with van der Waals surface area (Å²) in [4.78, 5) is 14.2. The zero-order chi connectivity index (χ0) is 13.3. The fourth-order valence-corrected chi connectivity index (χ4v) is 2.34. The summed E-state index contributed by atoms with van der Waals surface area (Å²) in [5.41, 5.74) is 2.11. The average molecular weight is 253 g/mol. The van der Waals surface area contributed by atoms with E-state index in [0.717, 1.165) is 5.69 Å². The van der Waals surface area contributed by atoms with Crippen molar-refractivity contribution >= 4 is 5.91 Å². The molecule has 0 aromatic carbocycles. The lowest BCUT2D eigenvalue weighted by atomic mass is 10.1. The SMILES string of the molecule is Cc1n[nH]c(C)c1C(=O)N1CC(C)OC(CO)C1. The maximum absolute atomic E-state index is 12.4. The second-order valence-electron chi connectivity index (χ2n) is 4.77. The number of carbonyl (C=O) groups is 1. The van der Waals surface area contributed by atoms with E-state index in [1.807, 2.05) is 20.8 Å². The van der Waals surface area contributed by atoms with Crippen molar-refractivity contribution in [1.82, 2.24) is 15.1 Å². The molecular weight excluding hydrogens is 234 g/mol. The molecule has 6 nitrogen and oxygen atoms in total. The van der Waals surface area contributed by atoms with E-state index in [2.05, 4.69) is 10.2 Å². The molecule has 1 aliphatic rings. The Balaban J connectivity index is 2.18. The van der Waals surface area contributed by atoms with Gasteiger partial charge in [-0.3, -0.25) is 9.89 Å². The van der Waals surface area contributed by atoms with Crippen molar-refractivity contribution in [1.29, 1.82) is 0 Å². The topological polar surface area (TPSA) is 78.5 Å². The van der Waals surface area contributed by atoms with Crippen LogP contribution in [0.2, 0.25) is 0 Å². The standard InChI is InChI=1S/C12H19N3O3/c1-7-4-15(5-10(6-16)18-7)12(17)11-8(2)13-14-9(11)3/h7,10,16H,4-6H2,1-3H3,(H,13,14). The van der Waals surface area contributed by atoms with Crippen LogP contribution in [0, 0.1) is 13.8 Å². The highest BCUT2D eigenvalue weighted by molar-refractivity contribution is 5.96. The lowest BCUT2D eigenvalue weighted by molar-refractivity contribution is -0.0858. The van der Waals surface area contributed by atoms with Gasteiger partial charge in [-0.1, -0.05) is 0 Å². The Morgan fingerprint density at radius 3 is 2.83 bits per heavy atom. The number of H-pyrrole nitrogens is 1. The van der Waals surface area contributed by atoms with Crippen LogP contribution in [0.3, 0.4) is 0 Å². The van der Waals surface area contributed by atoms with Crippen LogP contribution in [0.15, 0.2) is 0 Å². The summed E-state index contributed by atoms with van der Waals surface area (Å²) in [5, 5.41) is 16.0. The molecule has 2 rings (SSSR count). The summed E-state index contributed by atoms with van der Waals surface area (Å²) in [6.45, 7) is 6.43. The minimum absolute atomic E-state index is 0.0487. The first-order chi connectivity index (χ1) is 8.52. The maximum Gasteiger partial charge on any atom is 0.257 e. The fourth-order valence-electron chi connectivity index (χ4n) is 2.34. The van der Waals surface area contributed by atoms with E-state index in [1.165, 1.54) is 0 Å². The van der Waals surface area contributed by atoms with E-state index in [9.17, 15) is 4.79 Å². The molecule has 18 heavy (non-hydrogen) atoms. The summed E-state index contributed by atoms with van der Waals surface area (Å²) < 4.78 is 5.53. The normalized spacial score (nSPS) is 24.3. The van der Waals surface area contributed by atoms with E-state index in [-0.39, 0.29) is 24.7 Å². The fraction of sp³-hybridized carbons (Fsp3) is 0.667. The molecule has 2 atom stereocenters. The molecular formula is C12H19N3O3. The number of aliphatic hydroxyl groups is 1. The van der Waals surface area contributed by atoms with Crippen LogP contribution in [0.1, 0.15) is 28.7 Å². The Bertz CT molecular complexity index is 424. The monoisotopic (exact) mass is 253 g/mol. The van der Waals surface area contributed by atoms with Crippen LogP contribution >= 0.6 is 0 Å². The predicted octanol–water partition coefficient (Wildman–Crippen LogP) is 0.248. The van der Waals surface area contributed by atoms with Crippen LogP contribution < -0.4 is 0 Å². The molecule has 0 spiro atoms. The highest BCUT2D eigenvalue weighted by Gasteiger charge is 2.30. The second-order valence-corrected chi connectivity index (χ2v) is 4.77. The van der Waals surface area contributed by atoms with Crippen molar-refractivity contribution in [2.45, 2.75) is 33.0 Å². The van der Waals surface area contributed by atoms with Gasteiger partial charge >= 0.3 is 0 Å².